The van der Waals surface area contributed by atoms with Gasteiger partial charge >= 0.3 is 0 Å². The quantitative estimate of drug-likeness (QED) is 0.291. The van der Waals surface area contributed by atoms with Crippen molar-refractivity contribution in [3.05, 3.63) is 24.3 Å². The Morgan fingerprint density at radius 1 is 1.42 bits per heavy atom. The number of sulfonamides is 1. The summed E-state index contributed by atoms with van der Waals surface area (Å²) in [6.45, 7) is 4.53. The highest BCUT2D eigenvalue weighted by Gasteiger charge is 2.25. The Bertz CT molecular complexity index is 699. The second-order valence-electron chi connectivity index (χ2n) is 5.88. The summed E-state index contributed by atoms with van der Waals surface area (Å²) in [5.74, 6) is 1.30. The molecule has 0 radical (unpaired) electrons. The van der Waals surface area contributed by atoms with Crippen LogP contribution in [0.15, 0.2) is 29.3 Å². The highest BCUT2D eigenvalue weighted by atomic mass is 127. The number of aliphatic imine (C=N–C) groups is 1. The van der Waals surface area contributed by atoms with Gasteiger partial charge in [-0.15, -0.1) is 24.0 Å². The molecular formula is C16H28IN5O3S. The van der Waals surface area contributed by atoms with Gasteiger partial charge in [0.25, 0.3) is 0 Å². The lowest BCUT2D eigenvalue weighted by Gasteiger charge is -2.22. The zero-order valence-corrected chi connectivity index (χ0v) is 18.3. The van der Waals surface area contributed by atoms with Gasteiger partial charge in [0.2, 0.25) is 10.0 Å². The van der Waals surface area contributed by atoms with Crippen LogP contribution in [0.1, 0.15) is 13.3 Å². The molecule has 148 valence electrons. The Kier molecular flexibility index (Phi) is 9.44. The number of hydrogen-bond donors (Lipinski definition) is 3. The molecule has 1 aromatic carbocycles. The van der Waals surface area contributed by atoms with Gasteiger partial charge in [-0.05, 0) is 25.5 Å². The predicted molar refractivity (Wildman–Crippen MR) is 116 cm³/mol. The molecule has 0 saturated carbocycles. The minimum absolute atomic E-state index is 0. The van der Waals surface area contributed by atoms with Gasteiger partial charge in [-0.1, -0.05) is 12.1 Å². The third-order valence-corrected chi connectivity index (χ3v) is 4.70. The molecule has 1 aromatic rings. The summed E-state index contributed by atoms with van der Waals surface area (Å²) in [4.78, 5) is 6.55. The third-order valence-electron chi connectivity index (χ3n) is 3.94. The van der Waals surface area contributed by atoms with Crippen LogP contribution in [-0.4, -0.2) is 59.5 Å². The van der Waals surface area contributed by atoms with E-state index < -0.39 is 10.0 Å². The highest BCUT2D eigenvalue weighted by molar-refractivity contribution is 14.0. The summed E-state index contributed by atoms with van der Waals surface area (Å²) in [6, 6.07) is 8.17. The van der Waals surface area contributed by atoms with E-state index in [1.165, 1.54) is 0 Å². The van der Waals surface area contributed by atoms with E-state index in [9.17, 15) is 8.42 Å². The number of para-hydroxylation sites is 2. The van der Waals surface area contributed by atoms with Crippen molar-refractivity contribution >= 4 is 45.6 Å². The maximum absolute atomic E-state index is 11.0. The summed E-state index contributed by atoms with van der Waals surface area (Å²) in [5.41, 5.74) is 1.07. The van der Waals surface area contributed by atoms with Crippen molar-refractivity contribution < 1.29 is 13.2 Å². The van der Waals surface area contributed by atoms with Crippen molar-refractivity contribution in [2.75, 3.05) is 43.9 Å². The first-order valence-corrected chi connectivity index (χ1v) is 10.1. The summed E-state index contributed by atoms with van der Waals surface area (Å²) in [6.07, 6.45) is 0.956. The molecule has 1 saturated heterocycles. The number of nitrogens with two attached hydrogens (primary N) is 1. The van der Waals surface area contributed by atoms with Crippen LogP contribution in [0.5, 0.6) is 5.75 Å². The summed E-state index contributed by atoms with van der Waals surface area (Å²) >= 11 is 0. The van der Waals surface area contributed by atoms with E-state index in [1.807, 2.05) is 31.2 Å². The molecular weight excluding hydrogens is 469 g/mol. The predicted octanol–water partition coefficient (Wildman–Crippen LogP) is 0.736. The van der Waals surface area contributed by atoms with E-state index in [4.69, 9.17) is 9.88 Å². The molecule has 10 heteroatoms. The molecule has 1 fully saturated rings. The number of anilines is 1. The maximum atomic E-state index is 11.0. The van der Waals surface area contributed by atoms with Crippen molar-refractivity contribution in [2.45, 2.75) is 19.4 Å². The highest BCUT2D eigenvalue weighted by Crippen LogP contribution is 2.30. The van der Waals surface area contributed by atoms with Gasteiger partial charge in [-0.2, -0.15) is 0 Å². The first-order valence-electron chi connectivity index (χ1n) is 8.36. The van der Waals surface area contributed by atoms with Crippen molar-refractivity contribution in [3.8, 4) is 5.75 Å². The number of nitrogens with zero attached hydrogens (tertiary/aromatic N) is 2. The Morgan fingerprint density at radius 2 is 2.15 bits per heavy atom. The van der Waals surface area contributed by atoms with Crippen LogP contribution in [0.2, 0.25) is 0 Å². The summed E-state index contributed by atoms with van der Waals surface area (Å²) < 4.78 is 27.5. The van der Waals surface area contributed by atoms with Gasteiger partial charge in [0.15, 0.2) is 5.96 Å². The molecule has 2 rings (SSSR count). The fourth-order valence-electron chi connectivity index (χ4n) is 2.79. The van der Waals surface area contributed by atoms with E-state index in [2.05, 4.69) is 20.5 Å². The minimum atomic E-state index is -3.50. The molecule has 8 nitrogen and oxygen atoms in total. The third kappa shape index (κ3) is 7.16. The van der Waals surface area contributed by atoms with E-state index in [0.29, 0.717) is 12.5 Å². The molecule has 1 aliphatic heterocycles. The molecule has 0 amide bonds. The Labute approximate surface area is 172 Å². The van der Waals surface area contributed by atoms with E-state index in [0.717, 1.165) is 30.9 Å². The second kappa shape index (κ2) is 10.8. The average molecular weight is 497 g/mol. The number of rotatable bonds is 7. The summed E-state index contributed by atoms with van der Waals surface area (Å²) in [5, 5.41) is 11.5. The van der Waals surface area contributed by atoms with Crippen molar-refractivity contribution in [1.29, 1.82) is 0 Å². The second-order valence-corrected chi connectivity index (χ2v) is 7.61. The standard InChI is InChI=1S/C16H27N5O3S.HI/c1-3-18-16(19-9-11-25(17,22)23)20-13-8-10-21(12-13)14-6-4-5-7-15(14)24-2;/h4-7,13H,3,8-12H2,1-2H3,(H2,17,22,23)(H2,18,19,20);1H. The molecule has 1 heterocycles. The number of methoxy groups -OCH3 is 1. The zero-order valence-electron chi connectivity index (χ0n) is 15.1. The molecule has 4 N–H and O–H groups in total. The Morgan fingerprint density at radius 3 is 2.81 bits per heavy atom. The van der Waals surface area contributed by atoms with Crippen LogP contribution in [0.3, 0.4) is 0 Å². The minimum Gasteiger partial charge on any atom is -0.495 e. The van der Waals surface area contributed by atoms with Crippen LogP contribution >= 0.6 is 24.0 Å². The lowest BCUT2D eigenvalue weighted by molar-refractivity contribution is 0.415. The Hall–Kier alpha value is -1.27. The topological polar surface area (TPSA) is 109 Å². The molecule has 0 spiro atoms. The average Bonchev–Trinajstić information content (AvgIpc) is 3.02. The first kappa shape index (κ1) is 22.8. The molecule has 0 aliphatic carbocycles. The van der Waals surface area contributed by atoms with Crippen LogP contribution in [0.4, 0.5) is 5.69 Å². The van der Waals surface area contributed by atoms with Gasteiger partial charge in [-0.25, -0.2) is 13.6 Å². The lowest BCUT2D eigenvalue weighted by atomic mass is 10.2. The number of guanidine groups is 1. The largest absolute Gasteiger partial charge is 0.495 e. The SMILES string of the molecule is CCNC(=NCCS(N)(=O)=O)NC1CCN(c2ccccc2OC)C1.I. The fourth-order valence-corrected chi connectivity index (χ4v) is 3.13. The van der Waals surface area contributed by atoms with E-state index >= 15 is 0 Å². The zero-order chi connectivity index (χ0) is 18.3. The van der Waals surface area contributed by atoms with E-state index in [-0.39, 0.29) is 42.3 Å². The Balaban J connectivity index is 0.00000338. The normalized spacial score (nSPS) is 17.6. The first-order chi connectivity index (χ1) is 11.9. The number of primary sulfonamides is 1. The van der Waals surface area contributed by atoms with Crippen molar-refractivity contribution in [1.82, 2.24) is 10.6 Å². The number of ether oxygens (including phenoxy) is 1. The lowest BCUT2D eigenvalue weighted by Crippen LogP contribution is -2.45. The monoisotopic (exact) mass is 497 g/mol. The molecule has 0 aromatic heterocycles. The van der Waals surface area contributed by atoms with Gasteiger partial charge in [0.1, 0.15) is 5.75 Å². The molecule has 1 atom stereocenters. The van der Waals surface area contributed by atoms with Gasteiger partial charge < -0.3 is 20.3 Å². The molecule has 1 unspecified atom stereocenters. The van der Waals surface area contributed by atoms with Crippen molar-refractivity contribution in [2.24, 2.45) is 10.1 Å². The number of hydrogen-bond acceptors (Lipinski definition) is 5. The van der Waals surface area contributed by atoms with E-state index in [1.54, 1.807) is 7.11 Å². The van der Waals surface area contributed by atoms with Crippen LogP contribution < -0.4 is 25.4 Å². The van der Waals surface area contributed by atoms with Crippen LogP contribution in [0.25, 0.3) is 0 Å². The van der Waals surface area contributed by atoms with Crippen LogP contribution in [-0.2, 0) is 10.0 Å². The van der Waals surface area contributed by atoms with Gasteiger partial charge in [0, 0.05) is 25.7 Å². The molecule has 0 bridgehead atoms. The number of nitrogens with one attached hydrogen (secondary N) is 2. The van der Waals surface area contributed by atoms with Crippen molar-refractivity contribution in [3.63, 3.8) is 0 Å². The molecule has 1 aliphatic rings. The molecule has 26 heavy (non-hydrogen) atoms. The smallest absolute Gasteiger partial charge is 0.210 e. The number of benzene rings is 1. The van der Waals surface area contributed by atoms with Gasteiger partial charge in [0.05, 0.1) is 25.1 Å². The summed E-state index contributed by atoms with van der Waals surface area (Å²) in [7, 11) is -1.83. The maximum Gasteiger partial charge on any atom is 0.210 e. The van der Waals surface area contributed by atoms with Crippen LogP contribution in [0, 0.1) is 0 Å². The number of halogens is 1. The van der Waals surface area contributed by atoms with Gasteiger partial charge in [-0.3, -0.25) is 4.99 Å². The fraction of sp³-hybridized carbons (Fsp3) is 0.562.